The first-order chi connectivity index (χ1) is 8.25. The second-order valence-electron chi connectivity index (χ2n) is 3.61. The van der Waals surface area contributed by atoms with Crippen LogP contribution in [-0.2, 0) is 0 Å². The Bertz CT molecular complexity index is 523. The van der Waals surface area contributed by atoms with Crippen LogP contribution < -0.4 is 5.43 Å². The van der Waals surface area contributed by atoms with Crippen molar-refractivity contribution in [3.05, 3.63) is 58.9 Å². The van der Waals surface area contributed by atoms with E-state index in [-0.39, 0.29) is 0 Å². The van der Waals surface area contributed by atoms with Crippen LogP contribution in [0.4, 0.5) is 5.69 Å². The molecule has 3 nitrogen and oxygen atoms in total. The van der Waals surface area contributed by atoms with Crippen molar-refractivity contribution in [3.8, 4) is 0 Å². The fraction of sp³-hybridized carbons (Fsp3) is 0.0769. The van der Waals surface area contributed by atoms with Crippen molar-refractivity contribution >= 4 is 23.5 Å². The van der Waals surface area contributed by atoms with Crippen LogP contribution in [0.1, 0.15) is 11.1 Å². The number of benzene rings is 1. The summed E-state index contributed by atoms with van der Waals surface area (Å²) in [6, 6.07) is 9.42. The average molecular weight is 246 g/mol. The van der Waals surface area contributed by atoms with E-state index in [9.17, 15) is 0 Å². The Labute approximate surface area is 105 Å². The largest absolute Gasteiger partial charge is 0.278 e. The highest BCUT2D eigenvalue weighted by Gasteiger charge is 1.96. The lowest BCUT2D eigenvalue weighted by molar-refractivity contribution is 1.30. The van der Waals surface area contributed by atoms with Crippen molar-refractivity contribution in [3.63, 3.8) is 0 Å². The molecule has 17 heavy (non-hydrogen) atoms. The molecule has 0 bridgehead atoms. The molecule has 2 aromatic rings. The maximum Gasteiger partial charge on any atom is 0.0605 e. The molecule has 1 N–H and O–H groups in total. The molecule has 2 rings (SSSR count). The van der Waals surface area contributed by atoms with Gasteiger partial charge >= 0.3 is 0 Å². The summed E-state index contributed by atoms with van der Waals surface area (Å²) in [5, 5.41) is 4.84. The van der Waals surface area contributed by atoms with E-state index in [4.69, 9.17) is 11.6 Å². The van der Waals surface area contributed by atoms with Gasteiger partial charge in [-0.25, -0.2) is 0 Å². The number of halogens is 1. The van der Waals surface area contributed by atoms with E-state index in [2.05, 4.69) is 15.5 Å². The molecule has 1 heterocycles. The number of rotatable bonds is 3. The Morgan fingerprint density at radius 3 is 2.76 bits per heavy atom. The highest BCUT2D eigenvalue weighted by atomic mass is 35.5. The molecular formula is C13H12ClN3. The fourth-order valence-corrected chi connectivity index (χ4v) is 1.51. The van der Waals surface area contributed by atoms with Crippen LogP contribution in [0.5, 0.6) is 0 Å². The third kappa shape index (κ3) is 3.29. The van der Waals surface area contributed by atoms with Crippen LogP contribution in [-0.4, -0.2) is 11.2 Å². The molecule has 1 aromatic carbocycles. The third-order valence-electron chi connectivity index (χ3n) is 2.30. The molecule has 86 valence electrons. The van der Waals surface area contributed by atoms with Crippen molar-refractivity contribution in [2.24, 2.45) is 5.10 Å². The molecule has 1 aromatic heterocycles. The lowest BCUT2D eigenvalue weighted by Crippen LogP contribution is -1.93. The van der Waals surface area contributed by atoms with Gasteiger partial charge in [0.15, 0.2) is 0 Å². The molecule has 0 aliphatic heterocycles. The summed E-state index contributed by atoms with van der Waals surface area (Å²) < 4.78 is 0. The van der Waals surface area contributed by atoms with E-state index in [0.29, 0.717) is 5.02 Å². The van der Waals surface area contributed by atoms with Crippen LogP contribution in [0, 0.1) is 6.92 Å². The number of nitrogens with zero attached hydrogens (tertiary/aromatic N) is 2. The number of hydrazone groups is 1. The Kier molecular flexibility index (Phi) is 3.73. The highest BCUT2D eigenvalue weighted by Crippen LogP contribution is 2.19. The van der Waals surface area contributed by atoms with Crippen molar-refractivity contribution in [2.45, 2.75) is 6.92 Å². The van der Waals surface area contributed by atoms with Gasteiger partial charge in [0, 0.05) is 17.4 Å². The predicted octanol–water partition coefficient (Wildman–Crippen LogP) is 3.49. The van der Waals surface area contributed by atoms with Crippen LogP contribution in [0.3, 0.4) is 0 Å². The lowest BCUT2D eigenvalue weighted by atomic mass is 10.2. The highest BCUT2D eigenvalue weighted by molar-refractivity contribution is 6.30. The van der Waals surface area contributed by atoms with Gasteiger partial charge in [-0.15, -0.1) is 0 Å². The quantitative estimate of drug-likeness (QED) is 0.664. The Balaban J connectivity index is 2.07. The molecule has 0 saturated carbocycles. The third-order valence-corrected chi connectivity index (χ3v) is 2.54. The van der Waals surface area contributed by atoms with Crippen molar-refractivity contribution in [2.75, 3.05) is 5.43 Å². The van der Waals surface area contributed by atoms with Crippen LogP contribution in [0.25, 0.3) is 0 Å². The monoisotopic (exact) mass is 245 g/mol. The zero-order valence-electron chi connectivity index (χ0n) is 9.39. The van der Waals surface area contributed by atoms with E-state index >= 15 is 0 Å². The molecule has 0 atom stereocenters. The van der Waals surface area contributed by atoms with Gasteiger partial charge in [0.2, 0.25) is 0 Å². The Morgan fingerprint density at radius 1 is 1.24 bits per heavy atom. The van der Waals surface area contributed by atoms with E-state index in [1.807, 2.05) is 37.3 Å². The second-order valence-corrected chi connectivity index (χ2v) is 4.05. The summed E-state index contributed by atoms with van der Waals surface area (Å²) in [7, 11) is 0. The minimum atomic E-state index is 0.692. The molecule has 0 radical (unpaired) electrons. The fourth-order valence-electron chi connectivity index (χ4n) is 1.34. The molecule has 0 amide bonds. The predicted molar refractivity (Wildman–Crippen MR) is 71.6 cm³/mol. The van der Waals surface area contributed by atoms with Gasteiger partial charge in [-0.3, -0.25) is 10.4 Å². The van der Waals surface area contributed by atoms with Crippen molar-refractivity contribution in [1.82, 2.24) is 4.98 Å². The van der Waals surface area contributed by atoms with Crippen molar-refractivity contribution in [1.29, 1.82) is 0 Å². The first kappa shape index (κ1) is 11.6. The summed E-state index contributed by atoms with van der Waals surface area (Å²) in [5.74, 6) is 0. The summed E-state index contributed by atoms with van der Waals surface area (Å²) >= 11 is 5.91. The summed E-state index contributed by atoms with van der Waals surface area (Å²) in [4.78, 5) is 3.94. The number of aromatic nitrogens is 1. The SMILES string of the molecule is Cc1ccc(Cl)cc1N/N=C/c1ccncc1. The topological polar surface area (TPSA) is 37.3 Å². The minimum absolute atomic E-state index is 0.692. The van der Waals surface area contributed by atoms with Gasteiger partial charge in [0.25, 0.3) is 0 Å². The Morgan fingerprint density at radius 2 is 2.00 bits per heavy atom. The molecule has 4 heteroatoms. The first-order valence-electron chi connectivity index (χ1n) is 5.21. The maximum atomic E-state index is 5.91. The van der Waals surface area contributed by atoms with Gasteiger partial charge in [-0.2, -0.15) is 5.10 Å². The van der Waals surface area contributed by atoms with E-state index in [1.54, 1.807) is 18.6 Å². The van der Waals surface area contributed by atoms with Gasteiger partial charge in [0.05, 0.1) is 11.9 Å². The zero-order valence-corrected chi connectivity index (χ0v) is 10.1. The van der Waals surface area contributed by atoms with Crippen molar-refractivity contribution < 1.29 is 0 Å². The Hall–Kier alpha value is -1.87. The van der Waals surface area contributed by atoms with Gasteiger partial charge in [0.1, 0.15) is 0 Å². The molecule has 0 aliphatic rings. The molecule has 0 saturated heterocycles. The van der Waals surface area contributed by atoms with Crippen LogP contribution in [0.2, 0.25) is 5.02 Å². The number of anilines is 1. The average Bonchev–Trinajstić information content (AvgIpc) is 2.35. The lowest BCUT2D eigenvalue weighted by Gasteiger charge is -2.04. The molecule has 0 spiro atoms. The van der Waals surface area contributed by atoms with E-state index in [0.717, 1.165) is 16.8 Å². The van der Waals surface area contributed by atoms with Crippen LogP contribution in [0.15, 0.2) is 47.8 Å². The summed E-state index contributed by atoms with van der Waals surface area (Å²) in [6.07, 6.45) is 5.19. The summed E-state index contributed by atoms with van der Waals surface area (Å²) in [6.45, 7) is 2.00. The van der Waals surface area contributed by atoms with Gasteiger partial charge < -0.3 is 0 Å². The number of hydrogen-bond donors (Lipinski definition) is 1. The molecule has 0 aliphatic carbocycles. The zero-order chi connectivity index (χ0) is 12.1. The standard InChI is InChI=1S/C13H12ClN3/c1-10-2-3-12(14)8-13(10)17-16-9-11-4-6-15-7-5-11/h2-9,17H,1H3/b16-9+. The van der Waals surface area contributed by atoms with Gasteiger partial charge in [-0.1, -0.05) is 17.7 Å². The first-order valence-corrected chi connectivity index (χ1v) is 5.59. The molecule has 0 unspecified atom stereocenters. The number of nitrogens with one attached hydrogen (secondary N) is 1. The van der Waals surface area contributed by atoms with E-state index < -0.39 is 0 Å². The molecule has 0 fully saturated rings. The van der Waals surface area contributed by atoms with Crippen LogP contribution >= 0.6 is 11.6 Å². The molecular weight excluding hydrogens is 234 g/mol. The van der Waals surface area contributed by atoms with Gasteiger partial charge in [-0.05, 0) is 42.3 Å². The normalized spacial score (nSPS) is 10.7. The number of hydrogen-bond acceptors (Lipinski definition) is 3. The maximum absolute atomic E-state index is 5.91. The van der Waals surface area contributed by atoms with E-state index in [1.165, 1.54) is 0 Å². The number of pyridine rings is 1. The number of aryl methyl sites for hydroxylation is 1. The second kappa shape index (κ2) is 5.46. The smallest absolute Gasteiger partial charge is 0.0605 e. The summed E-state index contributed by atoms with van der Waals surface area (Å²) in [5.41, 5.74) is 5.96. The minimum Gasteiger partial charge on any atom is -0.278 e.